The molecule has 84 valence electrons. The van der Waals surface area contributed by atoms with Gasteiger partial charge in [0.2, 0.25) is 0 Å². The van der Waals surface area contributed by atoms with Crippen LogP contribution in [-0.4, -0.2) is 21.7 Å². The summed E-state index contributed by atoms with van der Waals surface area (Å²) in [6.07, 6.45) is -1.08. The predicted octanol–water partition coefficient (Wildman–Crippen LogP) is 2.90. The average molecular weight is 232 g/mol. The van der Waals surface area contributed by atoms with Crippen LogP contribution in [0.4, 0.5) is 14.3 Å². The minimum Gasteiger partial charge on any atom is -0.465 e. The number of alkyl halides is 1. The van der Waals surface area contributed by atoms with E-state index in [1.165, 1.54) is 5.38 Å². The van der Waals surface area contributed by atoms with E-state index in [1.807, 2.05) is 0 Å². The van der Waals surface area contributed by atoms with Crippen molar-refractivity contribution >= 4 is 22.6 Å². The molecule has 0 fully saturated rings. The summed E-state index contributed by atoms with van der Waals surface area (Å²) in [5, 5.41) is 10.9. The molecule has 15 heavy (non-hydrogen) atoms. The van der Waals surface area contributed by atoms with Gasteiger partial charge in [0.25, 0.3) is 0 Å². The third kappa shape index (κ3) is 2.65. The summed E-state index contributed by atoms with van der Waals surface area (Å²) in [5.74, 6) is 0. The Bertz CT molecular complexity index is 359. The lowest BCUT2D eigenvalue weighted by molar-refractivity contribution is 0.195. The van der Waals surface area contributed by atoms with Gasteiger partial charge in [-0.25, -0.2) is 19.1 Å². The normalized spacial score (nSPS) is 11.5. The molecule has 4 nitrogen and oxygen atoms in total. The van der Waals surface area contributed by atoms with Gasteiger partial charge in [-0.15, -0.1) is 11.3 Å². The Balaban J connectivity index is 3.05. The molecule has 0 aliphatic heterocycles. The van der Waals surface area contributed by atoms with Gasteiger partial charge in [-0.3, -0.25) is 0 Å². The van der Waals surface area contributed by atoms with Gasteiger partial charge in [0.05, 0.1) is 5.69 Å². The molecular formula is C9H13FN2O2S. The number of aromatic nitrogens is 1. The largest absolute Gasteiger partial charge is 0.465 e. The fraction of sp³-hybridized carbons (Fsp3) is 0.556. The van der Waals surface area contributed by atoms with Crippen LogP contribution in [0.1, 0.15) is 26.5 Å². The molecule has 0 saturated heterocycles. The molecule has 1 rings (SSSR count). The van der Waals surface area contributed by atoms with Crippen molar-refractivity contribution in [3.63, 3.8) is 0 Å². The number of halogens is 1. The highest BCUT2D eigenvalue weighted by molar-refractivity contribution is 7.14. The van der Waals surface area contributed by atoms with Crippen LogP contribution in [0.2, 0.25) is 0 Å². The molecule has 1 heterocycles. The Labute approximate surface area is 91.4 Å². The highest BCUT2D eigenvalue weighted by atomic mass is 32.1. The first-order valence-electron chi connectivity index (χ1n) is 4.40. The lowest BCUT2D eigenvalue weighted by Crippen LogP contribution is -2.45. The van der Waals surface area contributed by atoms with Gasteiger partial charge in [-0.1, -0.05) is 0 Å². The van der Waals surface area contributed by atoms with Crippen LogP contribution in [-0.2, 0) is 6.67 Å². The minimum atomic E-state index is -1.08. The summed E-state index contributed by atoms with van der Waals surface area (Å²) in [7, 11) is 0. The van der Waals surface area contributed by atoms with Crippen molar-refractivity contribution in [1.29, 1.82) is 0 Å². The number of hydrogen-bond donors (Lipinski definition) is 1. The molecule has 0 aliphatic rings. The predicted molar refractivity (Wildman–Crippen MR) is 57.2 cm³/mol. The smallest absolute Gasteiger partial charge is 0.414 e. The molecule has 1 aromatic rings. The van der Waals surface area contributed by atoms with Gasteiger partial charge in [0, 0.05) is 10.9 Å². The summed E-state index contributed by atoms with van der Waals surface area (Å²) < 4.78 is 12.3. The molecule has 0 bridgehead atoms. The Morgan fingerprint density at radius 2 is 2.27 bits per heavy atom. The topological polar surface area (TPSA) is 53.4 Å². The number of thiazole rings is 1. The number of nitrogens with zero attached hydrogens (tertiary/aromatic N) is 2. The van der Waals surface area contributed by atoms with E-state index >= 15 is 0 Å². The Morgan fingerprint density at radius 1 is 1.67 bits per heavy atom. The third-order valence-electron chi connectivity index (χ3n) is 1.73. The highest BCUT2D eigenvalue weighted by Crippen LogP contribution is 2.27. The molecule has 0 unspecified atom stereocenters. The molecule has 1 N–H and O–H groups in total. The first-order valence-corrected chi connectivity index (χ1v) is 5.27. The van der Waals surface area contributed by atoms with E-state index in [2.05, 4.69) is 4.98 Å². The van der Waals surface area contributed by atoms with Crippen LogP contribution in [0.25, 0.3) is 0 Å². The van der Waals surface area contributed by atoms with Gasteiger partial charge in [-0.05, 0) is 20.8 Å². The second-order valence-electron chi connectivity index (χ2n) is 4.04. The van der Waals surface area contributed by atoms with E-state index in [0.29, 0.717) is 5.13 Å². The lowest BCUT2D eigenvalue weighted by Gasteiger charge is -2.30. The lowest BCUT2D eigenvalue weighted by atomic mass is 10.1. The summed E-state index contributed by atoms with van der Waals surface area (Å²) in [6.45, 7) is 4.61. The maximum absolute atomic E-state index is 12.3. The van der Waals surface area contributed by atoms with Crippen molar-refractivity contribution in [1.82, 2.24) is 4.98 Å². The van der Waals surface area contributed by atoms with Crippen LogP contribution in [0.5, 0.6) is 0 Å². The van der Waals surface area contributed by atoms with Gasteiger partial charge in [0.1, 0.15) is 6.67 Å². The van der Waals surface area contributed by atoms with Gasteiger partial charge in [-0.2, -0.15) is 0 Å². The van der Waals surface area contributed by atoms with E-state index in [-0.39, 0.29) is 5.69 Å². The van der Waals surface area contributed by atoms with Crippen LogP contribution in [0, 0.1) is 0 Å². The van der Waals surface area contributed by atoms with E-state index in [9.17, 15) is 9.18 Å². The average Bonchev–Trinajstić information content (AvgIpc) is 2.49. The number of rotatable bonds is 2. The van der Waals surface area contributed by atoms with Gasteiger partial charge < -0.3 is 5.11 Å². The van der Waals surface area contributed by atoms with Crippen molar-refractivity contribution in [2.75, 3.05) is 4.90 Å². The standard InChI is InChI=1S/C9H13FN2O2S/c1-9(2,3)12(8(13)14)7-11-6(4-10)5-15-7/h5H,4H2,1-3H3,(H,13,14). The number of amides is 1. The van der Waals surface area contributed by atoms with Crippen molar-refractivity contribution in [3.05, 3.63) is 11.1 Å². The third-order valence-corrected chi connectivity index (χ3v) is 2.60. The minimum absolute atomic E-state index is 0.269. The number of hydrogen-bond acceptors (Lipinski definition) is 3. The number of carboxylic acid groups (broad SMARTS) is 1. The van der Waals surface area contributed by atoms with Crippen LogP contribution in [0.15, 0.2) is 5.38 Å². The molecule has 0 aliphatic carbocycles. The Hall–Kier alpha value is -1.17. The fourth-order valence-electron chi connectivity index (χ4n) is 1.12. The fourth-order valence-corrected chi connectivity index (χ4v) is 2.10. The maximum Gasteiger partial charge on any atom is 0.414 e. The SMILES string of the molecule is CC(C)(C)N(C(=O)O)c1nc(CF)cs1. The zero-order chi connectivity index (χ0) is 11.6. The maximum atomic E-state index is 12.3. The molecule has 1 aromatic heterocycles. The zero-order valence-corrected chi connectivity index (χ0v) is 9.64. The first-order chi connectivity index (χ1) is 6.86. The Morgan fingerprint density at radius 3 is 2.60 bits per heavy atom. The van der Waals surface area contributed by atoms with Crippen LogP contribution >= 0.6 is 11.3 Å². The van der Waals surface area contributed by atoms with Crippen molar-refractivity contribution in [2.45, 2.75) is 33.0 Å². The molecule has 0 radical (unpaired) electrons. The van der Waals surface area contributed by atoms with E-state index < -0.39 is 18.3 Å². The molecule has 0 spiro atoms. The van der Waals surface area contributed by atoms with Crippen molar-refractivity contribution in [3.8, 4) is 0 Å². The quantitative estimate of drug-likeness (QED) is 0.853. The summed E-state index contributed by atoms with van der Waals surface area (Å²) in [6, 6.07) is 0. The summed E-state index contributed by atoms with van der Waals surface area (Å²) >= 11 is 1.13. The van der Waals surface area contributed by atoms with Crippen LogP contribution < -0.4 is 4.90 Å². The molecular weight excluding hydrogens is 219 g/mol. The zero-order valence-electron chi connectivity index (χ0n) is 8.82. The molecule has 6 heteroatoms. The monoisotopic (exact) mass is 232 g/mol. The second kappa shape index (κ2) is 4.14. The number of carbonyl (C=O) groups is 1. The molecule has 1 amide bonds. The first kappa shape index (κ1) is 11.9. The molecule has 0 aromatic carbocycles. The second-order valence-corrected chi connectivity index (χ2v) is 4.88. The van der Waals surface area contributed by atoms with Crippen LogP contribution in [0.3, 0.4) is 0 Å². The van der Waals surface area contributed by atoms with E-state index in [1.54, 1.807) is 20.8 Å². The van der Waals surface area contributed by atoms with E-state index in [0.717, 1.165) is 16.2 Å². The number of anilines is 1. The molecule has 0 saturated carbocycles. The van der Waals surface area contributed by atoms with Gasteiger partial charge >= 0.3 is 6.09 Å². The van der Waals surface area contributed by atoms with Crippen molar-refractivity contribution < 1.29 is 14.3 Å². The Kier molecular flexibility index (Phi) is 3.28. The van der Waals surface area contributed by atoms with E-state index in [4.69, 9.17) is 5.11 Å². The summed E-state index contributed by atoms with van der Waals surface area (Å²) in [4.78, 5) is 16.1. The van der Waals surface area contributed by atoms with Crippen molar-refractivity contribution in [2.24, 2.45) is 0 Å². The molecule has 0 atom stereocenters. The van der Waals surface area contributed by atoms with Gasteiger partial charge in [0.15, 0.2) is 5.13 Å². The highest BCUT2D eigenvalue weighted by Gasteiger charge is 2.30. The summed E-state index contributed by atoms with van der Waals surface area (Å²) in [5.41, 5.74) is -0.317.